The average molecular weight is 324 g/mol. The van der Waals surface area contributed by atoms with Gasteiger partial charge in [-0.1, -0.05) is 49.2 Å². The van der Waals surface area contributed by atoms with Crippen LogP contribution in [0.2, 0.25) is 5.02 Å². The fourth-order valence-electron chi connectivity index (χ4n) is 3.32. The first kappa shape index (κ1) is 14.5. The summed E-state index contributed by atoms with van der Waals surface area (Å²) < 4.78 is 2.09. The molecule has 1 aliphatic rings. The van der Waals surface area contributed by atoms with E-state index in [4.69, 9.17) is 16.6 Å². The molecule has 0 unspecified atom stereocenters. The molecule has 0 aliphatic heterocycles. The molecule has 1 saturated carbocycles. The molecule has 3 nitrogen and oxygen atoms in total. The Morgan fingerprint density at radius 2 is 2.04 bits per heavy atom. The minimum Gasteiger partial charge on any atom is -0.269 e. The predicted octanol–water partition coefficient (Wildman–Crippen LogP) is 5.51. The van der Waals surface area contributed by atoms with Crippen molar-refractivity contribution in [2.75, 3.05) is 0 Å². The number of hydrogen-bond donors (Lipinski definition) is 0. The van der Waals surface area contributed by atoms with Gasteiger partial charge in [-0.2, -0.15) is 5.10 Å². The monoisotopic (exact) mass is 323 g/mol. The van der Waals surface area contributed by atoms with Crippen LogP contribution < -0.4 is 0 Å². The van der Waals surface area contributed by atoms with Gasteiger partial charge in [0, 0.05) is 17.1 Å². The van der Waals surface area contributed by atoms with E-state index in [2.05, 4.69) is 22.6 Å². The van der Waals surface area contributed by atoms with Crippen LogP contribution in [-0.2, 0) is 0 Å². The normalized spacial score (nSPS) is 15.3. The predicted molar refractivity (Wildman–Crippen MR) is 95.6 cm³/mol. The first-order chi connectivity index (χ1) is 11.2. The highest BCUT2D eigenvalue weighted by molar-refractivity contribution is 6.35. The summed E-state index contributed by atoms with van der Waals surface area (Å²) in [5.41, 5.74) is 3.82. The summed E-state index contributed by atoms with van der Waals surface area (Å²) in [7, 11) is 0. The lowest BCUT2D eigenvalue weighted by molar-refractivity contribution is 0.467. The van der Waals surface area contributed by atoms with Crippen LogP contribution in [-0.4, -0.2) is 14.8 Å². The molecule has 0 bridgehead atoms. The third-order valence-electron chi connectivity index (χ3n) is 4.62. The molecule has 0 spiro atoms. The van der Waals surface area contributed by atoms with E-state index in [1.807, 2.05) is 36.5 Å². The largest absolute Gasteiger partial charge is 0.269 e. The molecule has 0 radical (unpaired) electrons. The Bertz CT molecular complexity index is 875. The number of halogens is 1. The third kappa shape index (κ3) is 2.66. The Hall–Kier alpha value is -2.13. The van der Waals surface area contributed by atoms with E-state index in [9.17, 15) is 0 Å². The first-order valence-electron chi connectivity index (χ1n) is 8.02. The highest BCUT2D eigenvalue weighted by atomic mass is 35.5. The third-order valence-corrected chi connectivity index (χ3v) is 4.93. The molecular weight excluding hydrogens is 306 g/mol. The van der Waals surface area contributed by atoms with Crippen LogP contribution in [0.5, 0.6) is 0 Å². The fourth-order valence-corrected chi connectivity index (χ4v) is 3.58. The Kier molecular flexibility index (Phi) is 3.66. The summed E-state index contributed by atoms with van der Waals surface area (Å²) in [5, 5.41) is 6.21. The fraction of sp³-hybridized carbons (Fsp3) is 0.263. The molecule has 1 fully saturated rings. The number of fused-ring (bicyclic) bond motifs is 1. The van der Waals surface area contributed by atoms with E-state index in [0.717, 1.165) is 27.7 Å². The van der Waals surface area contributed by atoms with Gasteiger partial charge in [-0.05, 0) is 30.5 Å². The van der Waals surface area contributed by atoms with Crippen molar-refractivity contribution in [3.05, 3.63) is 53.8 Å². The molecule has 23 heavy (non-hydrogen) atoms. The van der Waals surface area contributed by atoms with Gasteiger partial charge in [-0.3, -0.25) is 4.68 Å². The van der Waals surface area contributed by atoms with E-state index in [0.29, 0.717) is 11.1 Å². The summed E-state index contributed by atoms with van der Waals surface area (Å²) in [6.45, 7) is 3.81. The second-order valence-corrected chi connectivity index (χ2v) is 6.52. The van der Waals surface area contributed by atoms with Crippen LogP contribution in [0.1, 0.15) is 37.3 Å². The second kappa shape index (κ2) is 5.82. The number of hydrogen-bond acceptors (Lipinski definition) is 2. The SMILES string of the molecule is C=Cc1ccc2c(Cl)cc(-c3cnn(C4CCCC4)c3)nc2c1. The molecular formula is C19H18ClN3. The molecule has 0 N–H and O–H groups in total. The van der Waals surface area contributed by atoms with Gasteiger partial charge in [0.25, 0.3) is 0 Å². The van der Waals surface area contributed by atoms with Crippen molar-refractivity contribution >= 4 is 28.6 Å². The van der Waals surface area contributed by atoms with Crippen molar-refractivity contribution in [2.24, 2.45) is 0 Å². The molecule has 2 heterocycles. The van der Waals surface area contributed by atoms with Crippen molar-refractivity contribution in [3.8, 4) is 11.3 Å². The van der Waals surface area contributed by atoms with E-state index < -0.39 is 0 Å². The Balaban J connectivity index is 1.77. The van der Waals surface area contributed by atoms with E-state index in [1.54, 1.807) is 0 Å². The van der Waals surface area contributed by atoms with E-state index in [1.165, 1.54) is 25.7 Å². The van der Waals surface area contributed by atoms with Crippen LogP contribution in [0.4, 0.5) is 0 Å². The summed E-state index contributed by atoms with van der Waals surface area (Å²) in [6, 6.07) is 8.47. The Labute approximate surface area is 140 Å². The molecule has 1 aliphatic carbocycles. The number of aromatic nitrogens is 3. The summed E-state index contributed by atoms with van der Waals surface area (Å²) >= 11 is 6.45. The second-order valence-electron chi connectivity index (χ2n) is 6.12. The molecule has 4 heteroatoms. The van der Waals surface area contributed by atoms with Crippen LogP contribution >= 0.6 is 11.6 Å². The van der Waals surface area contributed by atoms with Crippen LogP contribution in [0.3, 0.4) is 0 Å². The zero-order chi connectivity index (χ0) is 15.8. The Morgan fingerprint density at radius 3 is 2.83 bits per heavy atom. The molecule has 1 aromatic carbocycles. The van der Waals surface area contributed by atoms with Gasteiger partial charge in [0.1, 0.15) is 0 Å². The van der Waals surface area contributed by atoms with E-state index >= 15 is 0 Å². The highest BCUT2D eigenvalue weighted by Crippen LogP contribution is 2.32. The highest BCUT2D eigenvalue weighted by Gasteiger charge is 2.18. The number of pyridine rings is 1. The smallest absolute Gasteiger partial charge is 0.0756 e. The molecule has 2 aromatic heterocycles. The van der Waals surface area contributed by atoms with Crippen LogP contribution in [0.15, 0.2) is 43.2 Å². The lowest BCUT2D eigenvalue weighted by atomic mass is 10.1. The zero-order valence-corrected chi connectivity index (χ0v) is 13.6. The molecule has 4 rings (SSSR count). The standard InChI is InChI=1S/C19H18ClN3/c1-2-13-7-8-16-17(20)10-18(22-19(16)9-13)14-11-21-23(12-14)15-5-3-4-6-15/h2,7-12,15H,1,3-6H2. The molecule has 116 valence electrons. The topological polar surface area (TPSA) is 30.7 Å². The molecule has 3 aromatic rings. The summed E-state index contributed by atoms with van der Waals surface area (Å²) in [5.74, 6) is 0. The van der Waals surface area contributed by atoms with Crippen molar-refractivity contribution in [1.29, 1.82) is 0 Å². The summed E-state index contributed by atoms with van der Waals surface area (Å²) in [4.78, 5) is 4.77. The molecule has 0 saturated heterocycles. The van der Waals surface area contributed by atoms with Gasteiger partial charge in [0.2, 0.25) is 0 Å². The van der Waals surface area contributed by atoms with Crippen molar-refractivity contribution in [2.45, 2.75) is 31.7 Å². The van der Waals surface area contributed by atoms with Crippen LogP contribution in [0, 0.1) is 0 Å². The van der Waals surface area contributed by atoms with Gasteiger partial charge in [-0.25, -0.2) is 4.98 Å². The molecule has 0 atom stereocenters. The minimum absolute atomic E-state index is 0.534. The van der Waals surface area contributed by atoms with Gasteiger partial charge in [-0.15, -0.1) is 0 Å². The van der Waals surface area contributed by atoms with Gasteiger partial charge in [0.05, 0.1) is 28.5 Å². The molecule has 0 amide bonds. The quantitative estimate of drug-likeness (QED) is 0.636. The first-order valence-corrected chi connectivity index (χ1v) is 8.39. The van der Waals surface area contributed by atoms with Crippen LogP contribution in [0.25, 0.3) is 28.2 Å². The zero-order valence-electron chi connectivity index (χ0n) is 12.9. The van der Waals surface area contributed by atoms with E-state index in [-0.39, 0.29) is 0 Å². The number of nitrogens with zero attached hydrogens (tertiary/aromatic N) is 3. The summed E-state index contributed by atoms with van der Waals surface area (Å²) in [6.07, 6.45) is 10.8. The maximum absolute atomic E-state index is 6.45. The maximum atomic E-state index is 6.45. The Morgan fingerprint density at radius 1 is 1.22 bits per heavy atom. The van der Waals surface area contributed by atoms with Crippen molar-refractivity contribution in [1.82, 2.24) is 14.8 Å². The van der Waals surface area contributed by atoms with Gasteiger partial charge >= 0.3 is 0 Å². The maximum Gasteiger partial charge on any atom is 0.0756 e. The average Bonchev–Trinajstić information content (AvgIpc) is 3.25. The van der Waals surface area contributed by atoms with Crippen molar-refractivity contribution in [3.63, 3.8) is 0 Å². The lowest BCUT2D eigenvalue weighted by Gasteiger charge is -2.08. The van der Waals surface area contributed by atoms with Gasteiger partial charge < -0.3 is 0 Å². The van der Waals surface area contributed by atoms with Crippen molar-refractivity contribution < 1.29 is 0 Å². The lowest BCUT2D eigenvalue weighted by Crippen LogP contribution is -2.04. The number of rotatable bonds is 3. The minimum atomic E-state index is 0.534. The van der Waals surface area contributed by atoms with Gasteiger partial charge in [0.15, 0.2) is 0 Å². The number of benzene rings is 1.